The van der Waals surface area contributed by atoms with Crippen LogP contribution in [0.25, 0.3) is 0 Å². The molecule has 0 fully saturated rings. The number of nitrogens with zero attached hydrogens (tertiary/aromatic N) is 2. The van der Waals surface area contributed by atoms with Crippen molar-refractivity contribution < 1.29 is 4.74 Å². The molecule has 2 N–H and O–H groups in total. The third-order valence-corrected chi connectivity index (χ3v) is 3.41. The Hall–Kier alpha value is -2.10. The van der Waals surface area contributed by atoms with E-state index in [1.54, 1.807) is 6.07 Å². The molecule has 1 aromatic heterocycles. The number of nitrogen functional groups attached to an aromatic ring is 1. The van der Waals surface area contributed by atoms with Crippen LogP contribution in [0.4, 0.5) is 5.82 Å². The van der Waals surface area contributed by atoms with Crippen molar-refractivity contribution in [1.29, 1.82) is 0 Å². The fourth-order valence-electron chi connectivity index (χ4n) is 2.60. The van der Waals surface area contributed by atoms with Crippen molar-refractivity contribution in [3.8, 4) is 5.88 Å². The number of benzene rings is 1. The van der Waals surface area contributed by atoms with Crippen molar-refractivity contribution in [3.63, 3.8) is 0 Å². The first-order valence-corrected chi connectivity index (χ1v) is 6.58. The minimum absolute atomic E-state index is 0.0682. The molecule has 19 heavy (non-hydrogen) atoms. The summed E-state index contributed by atoms with van der Waals surface area (Å²) in [6.45, 7) is 1.82. The smallest absolute Gasteiger partial charge is 0.219 e. The molecule has 0 radical (unpaired) electrons. The summed E-state index contributed by atoms with van der Waals surface area (Å²) in [5.74, 6) is 1.65. The highest BCUT2D eigenvalue weighted by Crippen LogP contribution is 2.33. The first-order chi connectivity index (χ1) is 9.22. The van der Waals surface area contributed by atoms with Gasteiger partial charge in [-0.2, -0.15) is 4.98 Å². The number of aryl methyl sites for hydroxylation is 2. The van der Waals surface area contributed by atoms with Gasteiger partial charge in [-0.05, 0) is 37.3 Å². The van der Waals surface area contributed by atoms with Gasteiger partial charge >= 0.3 is 0 Å². The lowest BCUT2D eigenvalue weighted by Crippen LogP contribution is -2.16. The van der Waals surface area contributed by atoms with Crippen molar-refractivity contribution in [2.24, 2.45) is 0 Å². The Kier molecular flexibility index (Phi) is 3.07. The number of anilines is 1. The zero-order valence-electron chi connectivity index (χ0n) is 11.0. The van der Waals surface area contributed by atoms with Gasteiger partial charge in [0.05, 0.1) is 0 Å². The number of ether oxygens (including phenoxy) is 1. The Labute approximate surface area is 112 Å². The summed E-state index contributed by atoms with van der Waals surface area (Å²) < 4.78 is 6.01. The second-order valence-corrected chi connectivity index (χ2v) is 4.88. The standard InChI is InChI=1S/C15H17N3O/c1-10-17-14(16)9-15(18-10)19-13-8-4-6-11-5-2-3-7-12(11)13/h2-3,5,7,9,13H,4,6,8H2,1H3,(H2,16,17,18). The maximum atomic E-state index is 6.01. The predicted molar refractivity (Wildman–Crippen MR) is 73.9 cm³/mol. The van der Waals surface area contributed by atoms with E-state index in [1.165, 1.54) is 11.1 Å². The molecule has 0 saturated heterocycles. The van der Waals surface area contributed by atoms with Gasteiger partial charge in [0.25, 0.3) is 0 Å². The third kappa shape index (κ3) is 2.52. The molecule has 1 heterocycles. The van der Waals surface area contributed by atoms with Crippen LogP contribution >= 0.6 is 0 Å². The van der Waals surface area contributed by atoms with Crippen molar-refractivity contribution in [1.82, 2.24) is 9.97 Å². The normalized spacial score (nSPS) is 17.8. The minimum Gasteiger partial charge on any atom is -0.469 e. The molecule has 0 amide bonds. The van der Waals surface area contributed by atoms with E-state index in [-0.39, 0.29) is 6.10 Å². The molecule has 4 heteroatoms. The summed E-state index contributed by atoms with van der Waals surface area (Å²) in [6, 6.07) is 10.1. The highest BCUT2D eigenvalue weighted by atomic mass is 16.5. The van der Waals surface area contributed by atoms with Crippen LogP contribution in [0.15, 0.2) is 30.3 Å². The van der Waals surface area contributed by atoms with E-state index in [0.29, 0.717) is 17.5 Å². The molecule has 0 saturated carbocycles. The van der Waals surface area contributed by atoms with Crippen LogP contribution < -0.4 is 10.5 Å². The van der Waals surface area contributed by atoms with Crippen LogP contribution in [0.2, 0.25) is 0 Å². The minimum atomic E-state index is 0.0682. The summed E-state index contributed by atoms with van der Waals surface area (Å²) >= 11 is 0. The van der Waals surface area contributed by atoms with Crippen LogP contribution in [0.5, 0.6) is 5.88 Å². The molecule has 1 aromatic carbocycles. The van der Waals surface area contributed by atoms with E-state index in [1.807, 2.05) is 6.92 Å². The molecule has 98 valence electrons. The summed E-state index contributed by atoms with van der Waals surface area (Å²) in [5.41, 5.74) is 8.37. The number of nitrogens with two attached hydrogens (primary N) is 1. The van der Waals surface area contributed by atoms with Gasteiger partial charge in [0, 0.05) is 6.07 Å². The molecule has 2 aromatic rings. The lowest BCUT2D eigenvalue weighted by Gasteiger charge is -2.25. The predicted octanol–water partition coefficient (Wildman–Crippen LogP) is 2.82. The lowest BCUT2D eigenvalue weighted by molar-refractivity contribution is 0.175. The van der Waals surface area contributed by atoms with Crippen LogP contribution in [0.1, 0.15) is 35.9 Å². The summed E-state index contributed by atoms with van der Waals surface area (Å²) in [5, 5.41) is 0. The van der Waals surface area contributed by atoms with Crippen molar-refractivity contribution >= 4 is 5.82 Å². The maximum absolute atomic E-state index is 6.01. The molecule has 1 aliphatic carbocycles. The Balaban J connectivity index is 1.88. The Bertz CT molecular complexity index is 577. The number of aromatic nitrogens is 2. The molecule has 1 unspecified atom stereocenters. The second kappa shape index (κ2) is 4.88. The van der Waals surface area contributed by atoms with E-state index in [4.69, 9.17) is 10.5 Å². The first kappa shape index (κ1) is 12.0. The van der Waals surface area contributed by atoms with E-state index in [2.05, 4.69) is 34.2 Å². The van der Waals surface area contributed by atoms with Gasteiger partial charge in [0.2, 0.25) is 5.88 Å². The molecule has 1 atom stereocenters. The SMILES string of the molecule is Cc1nc(N)cc(OC2CCCc3ccccc32)n1. The molecule has 3 rings (SSSR count). The lowest BCUT2D eigenvalue weighted by atomic mass is 9.89. The Morgan fingerprint density at radius 3 is 2.95 bits per heavy atom. The third-order valence-electron chi connectivity index (χ3n) is 3.41. The average molecular weight is 255 g/mol. The van der Waals surface area contributed by atoms with E-state index in [0.717, 1.165) is 19.3 Å². The largest absolute Gasteiger partial charge is 0.469 e. The summed E-state index contributed by atoms with van der Waals surface area (Å²) in [6.07, 6.45) is 3.35. The van der Waals surface area contributed by atoms with Crippen molar-refractivity contribution in [2.75, 3.05) is 5.73 Å². The van der Waals surface area contributed by atoms with Gasteiger partial charge in [-0.3, -0.25) is 0 Å². The van der Waals surface area contributed by atoms with Gasteiger partial charge in [-0.1, -0.05) is 24.3 Å². The zero-order chi connectivity index (χ0) is 13.2. The number of hydrogen-bond donors (Lipinski definition) is 1. The summed E-state index contributed by atoms with van der Waals surface area (Å²) in [4.78, 5) is 8.35. The van der Waals surface area contributed by atoms with Crippen LogP contribution in [-0.2, 0) is 6.42 Å². The van der Waals surface area contributed by atoms with Gasteiger partial charge in [-0.15, -0.1) is 0 Å². The maximum Gasteiger partial charge on any atom is 0.219 e. The average Bonchev–Trinajstić information content (AvgIpc) is 2.38. The zero-order valence-corrected chi connectivity index (χ0v) is 11.0. The number of hydrogen-bond acceptors (Lipinski definition) is 4. The van der Waals surface area contributed by atoms with Gasteiger partial charge in [0.15, 0.2) is 0 Å². The fraction of sp³-hybridized carbons (Fsp3) is 0.333. The van der Waals surface area contributed by atoms with Crippen molar-refractivity contribution in [3.05, 3.63) is 47.3 Å². The van der Waals surface area contributed by atoms with E-state index in [9.17, 15) is 0 Å². The van der Waals surface area contributed by atoms with Crippen LogP contribution in [0, 0.1) is 6.92 Å². The van der Waals surface area contributed by atoms with Gasteiger partial charge in [0.1, 0.15) is 17.7 Å². The van der Waals surface area contributed by atoms with E-state index < -0.39 is 0 Å². The van der Waals surface area contributed by atoms with Crippen LogP contribution in [-0.4, -0.2) is 9.97 Å². The molecule has 0 spiro atoms. The Morgan fingerprint density at radius 2 is 2.11 bits per heavy atom. The number of fused-ring (bicyclic) bond motifs is 1. The van der Waals surface area contributed by atoms with Crippen molar-refractivity contribution in [2.45, 2.75) is 32.3 Å². The molecule has 0 aliphatic heterocycles. The van der Waals surface area contributed by atoms with Gasteiger partial charge in [-0.25, -0.2) is 4.98 Å². The molecule has 0 bridgehead atoms. The monoisotopic (exact) mass is 255 g/mol. The molecule has 4 nitrogen and oxygen atoms in total. The topological polar surface area (TPSA) is 61.0 Å². The summed E-state index contributed by atoms with van der Waals surface area (Å²) in [7, 11) is 0. The fourth-order valence-corrected chi connectivity index (χ4v) is 2.60. The molecular weight excluding hydrogens is 238 g/mol. The number of rotatable bonds is 2. The quantitative estimate of drug-likeness (QED) is 0.896. The van der Waals surface area contributed by atoms with E-state index >= 15 is 0 Å². The van der Waals surface area contributed by atoms with Gasteiger partial charge < -0.3 is 10.5 Å². The molecular formula is C15H17N3O. The first-order valence-electron chi connectivity index (χ1n) is 6.58. The molecule has 1 aliphatic rings. The van der Waals surface area contributed by atoms with Crippen LogP contribution in [0.3, 0.4) is 0 Å². The highest BCUT2D eigenvalue weighted by molar-refractivity contribution is 5.35. The Morgan fingerprint density at radius 1 is 1.26 bits per heavy atom. The second-order valence-electron chi connectivity index (χ2n) is 4.88. The highest BCUT2D eigenvalue weighted by Gasteiger charge is 2.21.